The fourth-order valence-corrected chi connectivity index (χ4v) is 2.13. The first-order valence-corrected chi connectivity index (χ1v) is 6.45. The van der Waals surface area contributed by atoms with Crippen LogP contribution < -0.4 is 4.74 Å². The number of aryl methyl sites for hydroxylation is 1. The second kappa shape index (κ2) is 5.93. The molecule has 0 bridgehead atoms. The first-order valence-electron chi connectivity index (χ1n) is 5.66. The summed E-state index contributed by atoms with van der Waals surface area (Å²) in [6, 6.07) is 9.08. The highest BCUT2D eigenvalue weighted by atomic mass is 79.9. The van der Waals surface area contributed by atoms with E-state index in [1.165, 1.54) is 0 Å². The average Bonchev–Trinajstić information content (AvgIpc) is 2.75. The van der Waals surface area contributed by atoms with E-state index in [-0.39, 0.29) is 12.4 Å². The Kier molecular flexibility index (Phi) is 4.27. The SMILES string of the molecule is COc1cccc(COC(=O)c2oc(Br)cc2C)c1. The number of hydrogen-bond acceptors (Lipinski definition) is 4. The Morgan fingerprint density at radius 1 is 1.37 bits per heavy atom. The van der Waals surface area contributed by atoms with Crippen LogP contribution in [-0.2, 0) is 11.3 Å². The van der Waals surface area contributed by atoms with Gasteiger partial charge >= 0.3 is 5.97 Å². The molecule has 0 amide bonds. The molecule has 0 aliphatic heterocycles. The zero-order chi connectivity index (χ0) is 13.8. The highest BCUT2D eigenvalue weighted by Crippen LogP contribution is 2.21. The maximum absolute atomic E-state index is 11.8. The Morgan fingerprint density at radius 2 is 2.16 bits per heavy atom. The number of rotatable bonds is 4. The Morgan fingerprint density at radius 3 is 2.79 bits per heavy atom. The van der Waals surface area contributed by atoms with Crippen molar-refractivity contribution >= 4 is 21.9 Å². The van der Waals surface area contributed by atoms with Crippen LogP contribution in [0.4, 0.5) is 0 Å². The molecule has 0 aliphatic carbocycles. The zero-order valence-electron chi connectivity index (χ0n) is 10.6. The van der Waals surface area contributed by atoms with Crippen LogP contribution in [0.5, 0.6) is 5.75 Å². The number of esters is 1. The Labute approximate surface area is 119 Å². The number of benzene rings is 1. The molecule has 0 spiro atoms. The van der Waals surface area contributed by atoms with Gasteiger partial charge in [0.1, 0.15) is 12.4 Å². The molecule has 0 fully saturated rings. The second-order valence-corrected chi connectivity index (χ2v) is 4.77. The Bertz CT molecular complexity index is 589. The van der Waals surface area contributed by atoms with Crippen molar-refractivity contribution in [1.29, 1.82) is 0 Å². The highest BCUT2D eigenvalue weighted by molar-refractivity contribution is 9.10. The van der Waals surface area contributed by atoms with Crippen LogP contribution in [0.15, 0.2) is 39.4 Å². The van der Waals surface area contributed by atoms with E-state index in [0.717, 1.165) is 16.9 Å². The molecule has 0 unspecified atom stereocenters. The monoisotopic (exact) mass is 324 g/mol. The van der Waals surface area contributed by atoms with E-state index in [4.69, 9.17) is 13.9 Å². The van der Waals surface area contributed by atoms with Crippen molar-refractivity contribution in [3.8, 4) is 5.75 Å². The topological polar surface area (TPSA) is 48.7 Å². The summed E-state index contributed by atoms with van der Waals surface area (Å²) in [5, 5.41) is 0. The van der Waals surface area contributed by atoms with E-state index in [9.17, 15) is 4.79 Å². The molecular formula is C14H13BrO4. The van der Waals surface area contributed by atoms with Gasteiger partial charge in [0.05, 0.1) is 7.11 Å². The van der Waals surface area contributed by atoms with E-state index in [1.54, 1.807) is 20.1 Å². The molecule has 0 saturated heterocycles. The van der Waals surface area contributed by atoms with Gasteiger partial charge in [-0.3, -0.25) is 0 Å². The first-order chi connectivity index (χ1) is 9.10. The quantitative estimate of drug-likeness (QED) is 0.804. The van der Waals surface area contributed by atoms with Crippen molar-refractivity contribution < 1.29 is 18.7 Å². The lowest BCUT2D eigenvalue weighted by molar-refractivity contribution is 0.0433. The molecule has 1 aromatic carbocycles. The maximum atomic E-state index is 11.8. The van der Waals surface area contributed by atoms with Gasteiger partial charge < -0.3 is 13.9 Å². The summed E-state index contributed by atoms with van der Waals surface area (Å²) >= 11 is 3.18. The number of carbonyl (C=O) groups is 1. The third kappa shape index (κ3) is 3.38. The molecule has 0 atom stereocenters. The van der Waals surface area contributed by atoms with Crippen molar-refractivity contribution in [3.05, 3.63) is 51.9 Å². The van der Waals surface area contributed by atoms with Crippen LogP contribution in [0, 0.1) is 6.92 Å². The van der Waals surface area contributed by atoms with Crippen LogP contribution >= 0.6 is 15.9 Å². The lowest BCUT2D eigenvalue weighted by atomic mass is 10.2. The van der Waals surface area contributed by atoms with Gasteiger partial charge in [0.25, 0.3) is 0 Å². The first kappa shape index (κ1) is 13.7. The van der Waals surface area contributed by atoms with E-state index in [2.05, 4.69) is 15.9 Å². The number of ether oxygens (including phenoxy) is 2. The highest BCUT2D eigenvalue weighted by Gasteiger charge is 2.16. The van der Waals surface area contributed by atoms with Crippen molar-refractivity contribution in [1.82, 2.24) is 0 Å². The largest absolute Gasteiger partial charge is 0.497 e. The predicted octanol–water partition coefficient (Wildman–Crippen LogP) is 3.72. The molecule has 2 rings (SSSR count). The summed E-state index contributed by atoms with van der Waals surface area (Å²) in [6.07, 6.45) is 0. The number of halogens is 1. The van der Waals surface area contributed by atoms with Crippen LogP contribution in [0.25, 0.3) is 0 Å². The van der Waals surface area contributed by atoms with Gasteiger partial charge in [-0.15, -0.1) is 0 Å². The summed E-state index contributed by atoms with van der Waals surface area (Å²) in [5.74, 6) is 0.464. The van der Waals surface area contributed by atoms with Gasteiger partial charge in [0.15, 0.2) is 4.67 Å². The number of carbonyl (C=O) groups excluding carboxylic acids is 1. The second-order valence-electron chi connectivity index (χ2n) is 3.99. The smallest absolute Gasteiger partial charge is 0.374 e. The van der Waals surface area contributed by atoms with E-state index in [1.807, 2.05) is 24.3 Å². The molecule has 0 radical (unpaired) electrons. The van der Waals surface area contributed by atoms with Crippen LogP contribution in [-0.4, -0.2) is 13.1 Å². The number of furan rings is 1. The van der Waals surface area contributed by atoms with Crippen LogP contribution in [0.2, 0.25) is 0 Å². The average molecular weight is 325 g/mol. The summed E-state index contributed by atoms with van der Waals surface area (Å²) in [4.78, 5) is 11.8. The third-order valence-corrected chi connectivity index (χ3v) is 2.97. The van der Waals surface area contributed by atoms with E-state index < -0.39 is 5.97 Å². The van der Waals surface area contributed by atoms with E-state index in [0.29, 0.717) is 4.67 Å². The Balaban J connectivity index is 2.02. The molecule has 100 valence electrons. The minimum Gasteiger partial charge on any atom is -0.497 e. The van der Waals surface area contributed by atoms with Crippen LogP contribution in [0.3, 0.4) is 0 Å². The standard InChI is InChI=1S/C14H13BrO4/c1-9-6-12(15)19-13(9)14(16)18-8-10-4-3-5-11(7-10)17-2/h3-7H,8H2,1-2H3. The van der Waals surface area contributed by atoms with E-state index >= 15 is 0 Å². The van der Waals surface area contributed by atoms with Crippen molar-refractivity contribution in [3.63, 3.8) is 0 Å². The van der Waals surface area contributed by atoms with Gasteiger partial charge in [-0.05, 0) is 46.6 Å². The lowest BCUT2D eigenvalue weighted by Gasteiger charge is -2.05. The Hall–Kier alpha value is -1.75. The molecule has 2 aromatic rings. The van der Waals surface area contributed by atoms with Gasteiger partial charge in [-0.25, -0.2) is 4.79 Å². The van der Waals surface area contributed by atoms with Crippen molar-refractivity contribution in [2.24, 2.45) is 0 Å². The molecule has 1 aromatic heterocycles. The fourth-order valence-electron chi connectivity index (χ4n) is 1.62. The zero-order valence-corrected chi connectivity index (χ0v) is 12.2. The third-order valence-electron chi connectivity index (χ3n) is 2.58. The summed E-state index contributed by atoms with van der Waals surface area (Å²) in [5.41, 5.74) is 1.60. The fraction of sp³-hybridized carbons (Fsp3) is 0.214. The molecule has 0 saturated carbocycles. The maximum Gasteiger partial charge on any atom is 0.374 e. The van der Waals surface area contributed by atoms with Crippen molar-refractivity contribution in [2.75, 3.05) is 7.11 Å². The predicted molar refractivity (Wildman–Crippen MR) is 73.3 cm³/mol. The molecule has 1 heterocycles. The molecular weight excluding hydrogens is 312 g/mol. The van der Waals surface area contributed by atoms with Crippen molar-refractivity contribution in [2.45, 2.75) is 13.5 Å². The number of hydrogen-bond donors (Lipinski definition) is 0. The summed E-state index contributed by atoms with van der Waals surface area (Å²) < 4.78 is 16.0. The molecule has 5 heteroatoms. The van der Waals surface area contributed by atoms with Crippen LogP contribution in [0.1, 0.15) is 21.7 Å². The number of methoxy groups -OCH3 is 1. The normalized spacial score (nSPS) is 10.3. The minimum atomic E-state index is -0.481. The van der Waals surface area contributed by atoms with Gasteiger partial charge in [0.2, 0.25) is 5.76 Å². The summed E-state index contributed by atoms with van der Waals surface area (Å²) in [7, 11) is 1.59. The van der Waals surface area contributed by atoms with Gasteiger partial charge in [-0.1, -0.05) is 12.1 Å². The molecule has 0 aliphatic rings. The van der Waals surface area contributed by atoms with Gasteiger partial charge in [0, 0.05) is 5.56 Å². The molecule has 4 nitrogen and oxygen atoms in total. The lowest BCUT2D eigenvalue weighted by Crippen LogP contribution is -2.05. The molecule has 19 heavy (non-hydrogen) atoms. The summed E-state index contributed by atoms with van der Waals surface area (Å²) in [6.45, 7) is 1.96. The molecule has 0 N–H and O–H groups in total. The van der Waals surface area contributed by atoms with Gasteiger partial charge in [-0.2, -0.15) is 0 Å². The minimum absolute atomic E-state index is 0.174.